The van der Waals surface area contributed by atoms with Crippen molar-refractivity contribution in [1.82, 2.24) is 0 Å². The molecule has 0 aliphatic carbocycles. The van der Waals surface area contributed by atoms with Crippen molar-refractivity contribution < 1.29 is 23.5 Å². The van der Waals surface area contributed by atoms with Crippen molar-refractivity contribution >= 4 is 17.6 Å². The van der Waals surface area contributed by atoms with Gasteiger partial charge in [-0.3, -0.25) is 9.59 Å². The van der Waals surface area contributed by atoms with Crippen LogP contribution in [0.15, 0.2) is 24.3 Å². The average molecular weight is 253 g/mol. The Hall–Kier alpha value is -1.95. The first kappa shape index (κ1) is 12.5. The first-order valence-corrected chi connectivity index (χ1v) is 5.32. The Morgan fingerprint density at radius 2 is 2.06 bits per heavy atom. The van der Waals surface area contributed by atoms with Crippen LogP contribution in [-0.2, 0) is 19.1 Å². The summed E-state index contributed by atoms with van der Waals surface area (Å²) in [5, 5.41) is 2.37. The topological polar surface area (TPSA) is 64.6 Å². The Bertz CT molecular complexity index is 485. The molecule has 1 saturated heterocycles. The van der Waals surface area contributed by atoms with Crippen LogP contribution in [0.5, 0.6) is 0 Å². The maximum Gasteiger partial charge on any atom is 0.326 e. The van der Waals surface area contributed by atoms with E-state index in [-0.39, 0.29) is 18.9 Å². The van der Waals surface area contributed by atoms with E-state index in [9.17, 15) is 14.0 Å². The third-order valence-corrected chi connectivity index (χ3v) is 2.83. The Morgan fingerprint density at radius 1 is 1.39 bits per heavy atom. The summed E-state index contributed by atoms with van der Waals surface area (Å²) in [4.78, 5) is 23.6. The number of hydrogen-bond donors (Lipinski definition) is 1. The molecule has 0 spiro atoms. The molecular formula is C12H12FNO4. The summed E-state index contributed by atoms with van der Waals surface area (Å²) in [6.07, 6.45) is 0. The average Bonchev–Trinajstić information content (AvgIpc) is 2.30. The van der Waals surface area contributed by atoms with Gasteiger partial charge in [-0.2, -0.15) is 0 Å². The van der Waals surface area contributed by atoms with E-state index in [0.29, 0.717) is 0 Å². The van der Waals surface area contributed by atoms with Crippen LogP contribution in [0.1, 0.15) is 0 Å². The number of rotatable bonds is 3. The lowest BCUT2D eigenvalue weighted by Gasteiger charge is -2.36. The van der Waals surface area contributed by atoms with Gasteiger partial charge in [-0.25, -0.2) is 4.39 Å². The van der Waals surface area contributed by atoms with Crippen molar-refractivity contribution in [1.29, 1.82) is 0 Å². The fraction of sp³-hybridized carbons (Fsp3) is 0.333. The van der Waals surface area contributed by atoms with E-state index in [2.05, 4.69) is 10.1 Å². The number of carbonyl (C=O) groups excluding carboxylic acids is 2. The Morgan fingerprint density at radius 3 is 2.56 bits per heavy atom. The zero-order valence-electron chi connectivity index (χ0n) is 9.73. The molecule has 1 aliphatic rings. The van der Waals surface area contributed by atoms with Gasteiger partial charge in [-0.1, -0.05) is 12.1 Å². The van der Waals surface area contributed by atoms with E-state index in [1.54, 1.807) is 6.07 Å². The van der Waals surface area contributed by atoms with Gasteiger partial charge in [0.1, 0.15) is 5.82 Å². The highest BCUT2D eigenvalue weighted by atomic mass is 19.1. The SMILES string of the molecule is COC(=O)C1(C(=O)Nc2ccccc2F)COC1. The van der Waals surface area contributed by atoms with Gasteiger partial charge in [0.2, 0.25) is 5.91 Å². The summed E-state index contributed by atoms with van der Waals surface area (Å²) in [5.74, 6) is -1.86. The van der Waals surface area contributed by atoms with Crippen LogP contribution in [0, 0.1) is 11.2 Å². The molecular weight excluding hydrogens is 241 g/mol. The lowest BCUT2D eigenvalue weighted by molar-refractivity contribution is -0.185. The number of amides is 1. The molecule has 5 nitrogen and oxygen atoms in total. The van der Waals surface area contributed by atoms with Crippen molar-refractivity contribution in [3.8, 4) is 0 Å². The summed E-state index contributed by atoms with van der Waals surface area (Å²) in [6.45, 7) is -0.111. The molecule has 0 atom stereocenters. The largest absolute Gasteiger partial charge is 0.468 e. The molecule has 96 valence electrons. The number of ether oxygens (including phenoxy) is 2. The maximum absolute atomic E-state index is 13.4. The first-order chi connectivity index (χ1) is 8.60. The number of para-hydroxylation sites is 1. The highest BCUT2D eigenvalue weighted by Crippen LogP contribution is 2.31. The monoisotopic (exact) mass is 253 g/mol. The standard InChI is InChI=1S/C12H12FNO4/c1-17-11(16)12(6-18-7-12)10(15)14-9-5-3-2-4-8(9)13/h2-5H,6-7H2,1H3,(H,14,15). The van der Waals surface area contributed by atoms with Gasteiger partial charge in [0, 0.05) is 0 Å². The van der Waals surface area contributed by atoms with Gasteiger partial charge in [0.25, 0.3) is 0 Å². The van der Waals surface area contributed by atoms with E-state index in [4.69, 9.17) is 4.74 Å². The molecule has 18 heavy (non-hydrogen) atoms. The predicted molar refractivity (Wildman–Crippen MR) is 60.3 cm³/mol. The molecule has 0 bridgehead atoms. The van der Waals surface area contributed by atoms with E-state index in [0.717, 1.165) is 0 Å². The summed E-state index contributed by atoms with van der Waals surface area (Å²) < 4.78 is 22.8. The maximum atomic E-state index is 13.4. The molecule has 0 saturated carbocycles. The zero-order chi connectivity index (χ0) is 13.2. The number of esters is 1. The fourth-order valence-electron chi connectivity index (χ4n) is 1.65. The van der Waals surface area contributed by atoms with Crippen LogP contribution >= 0.6 is 0 Å². The van der Waals surface area contributed by atoms with Gasteiger partial charge in [-0.05, 0) is 12.1 Å². The van der Waals surface area contributed by atoms with Crippen LogP contribution in [0.25, 0.3) is 0 Å². The molecule has 2 rings (SSSR count). The smallest absolute Gasteiger partial charge is 0.326 e. The lowest BCUT2D eigenvalue weighted by atomic mass is 9.85. The van der Waals surface area contributed by atoms with Gasteiger partial charge in [-0.15, -0.1) is 0 Å². The third-order valence-electron chi connectivity index (χ3n) is 2.83. The number of anilines is 1. The van der Waals surface area contributed by atoms with E-state index >= 15 is 0 Å². The number of hydrogen-bond acceptors (Lipinski definition) is 4. The molecule has 1 aromatic carbocycles. The van der Waals surface area contributed by atoms with Crippen molar-refractivity contribution in [3.63, 3.8) is 0 Å². The van der Waals surface area contributed by atoms with Crippen LogP contribution in [0.4, 0.5) is 10.1 Å². The first-order valence-electron chi connectivity index (χ1n) is 5.32. The van der Waals surface area contributed by atoms with Crippen molar-refractivity contribution in [2.24, 2.45) is 5.41 Å². The minimum atomic E-state index is -1.36. The Kier molecular flexibility index (Phi) is 3.29. The Labute approximate surface area is 103 Å². The van der Waals surface area contributed by atoms with Gasteiger partial charge < -0.3 is 14.8 Å². The molecule has 6 heteroatoms. The zero-order valence-corrected chi connectivity index (χ0v) is 9.73. The minimum absolute atomic E-state index is 0.0256. The predicted octanol–water partition coefficient (Wildman–Crippen LogP) is 0.954. The lowest BCUT2D eigenvalue weighted by Crippen LogP contribution is -2.57. The van der Waals surface area contributed by atoms with Crippen LogP contribution in [0.2, 0.25) is 0 Å². The Balaban J connectivity index is 2.17. The molecule has 1 N–H and O–H groups in total. The normalized spacial score (nSPS) is 16.6. The summed E-state index contributed by atoms with van der Waals surface area (Å²) in [5.41, 5.74) is -1.34. The summed E-state index contributed by atoms with van der Waals surface area (Å²) in [7, 11) is 1.19. The second-order valence-electron chi connectivity index (χ2n) is 4.00. The fourth-order valence-corrected chi connectivity index (χ4v) is 1.65. The molecule has 0 radical (unpaired) electrons. The van der Waals surface area contributed by atoms with Crippen molar-refractivity contribution in [2.45, 2.75) is 0 Å². The number of halogens is 1. The molecule has 1 heterocycles. The third kappa shape index (κ3) is 1.95. The number of benzene rings is 1. The van der Waals surface area contributed by atoms with E-state index in [1.165, 1.54) is 25.3 Å². The van der Waals surface area contributed by atoms with Gasteiger partial charge >= 0.3 is 5.97 Å². The summed E-state index contributed by atoms with van der Waals surface area (Å²) in [6, 6.07) is 5.73. The highest BCUT2D eigenvalue weighted by molar-refractivity contribution is 6.09. The number of nitrogens with one attached hydrogen (secondary N) is 1. The van der Waals surface area contributed by atoms with E-state index < -0.39 is 23.1 Å². The molecule has 1 aromatic rings. The van der Waals surface area contributed by atoms with Crippen LogP contribution < -0.4 is 5.32 Å². The van der Waals surface area contributed by atoms with Crippen molar-refractivity contribution in [2.75, 3.05) is 25.6 Å². The molecule has 1 amide bonds. The van der Waals surface area contributed by atoms with Gasteiger partial charge in [0.15, 0.2) is 5.41 Å². The molecule has 0 aromatic heterocycles. The van der Waals surface area contributed by atoms with Crippen LogP contribution in [0.3, 0.4) is 0 Å². The highest BCUT2D eigenvalue weighted by Gasteiger charge is 2.54. The molecule has 0 unspecified atom stereocenters. The van der Waals surface area contributed by atoms with Crippen molar-refractivity contribution in [3.05, 3.63) is 30.1 Å². The molecule has 1 fully saturated rings. The second-order valence-corrected chi connectivity index (χ2v) is 4.00. The second kappa shape index (κ2) is 4.73. The summed E-state index contributed by atoms with van der Waals surface area (Å²) >= 11 is 0. The minimum Gasteiger partial charge on any atom is -0.468 e. The quantitative estimate of drug-likeness (QED) is 0.643. The van der Waals surface area contributed by atoms with Crippen LogP contribution in [-0.4, -0.2) is 32.2 Å². The molecule has 1 aliphatic heterocycles. The number of methoxy groups -OCH3 is 1. The number of carbonyl (C=O) groups is 2. The van der Waals surface area contributed by atoms with E-state index in [1.807, 2.05) is 0 Å². The van der Waals surface area contributed by atoms with Gasteiger partial charge in [0.05, 0.1) is 26.0 Å².